The predicted molar refractivity (Wildman–Crippen MR) is 79.3 cm³/mol. The van der Waals surface area contributed by atoms with Crippen molar-refractivity contribution in [3.63, 3.8) is 0 Å². The summed E-state index contributed by atoms with van der Waals surface area (Å²) in [4.78, 5) is 16.0. The van der Waals surface area contributed by atoms with E-state index in [1.54, 1.807) is 6.20 Å². The van der Waals surface area contributed by atoms with Gasteiger partial charge in [-0.2, -0.15) is 9.90 Å². The van der Waals surface area contributed by atoms with Gasteiger partial charge in [0.15, 0.2) is 5.69 Å². The van der Waals surface area contributed by atoms with Gasteiger partial charge < -0.3 is 10.2 Å². The molecule has 1 aromatic heterocycles. The molecule has 21 heavy (non-hydrogen) atoms. The van der Waals surface area contributed by atoms with Crippen molar-refractivity contribution in [2.75, 3.05) is 19.6 Å². The minimum Gasteiger partial charge on any atom is -0.332 e. The SMILES string of the molecule is CCCN(C(=O)c1cnn(-c2ccccc2)n1)C1CNC1. The molecule has 1 saturated heterocycles. The Kier molecular flexibility index (Phi) is 3.96. The molecule has 1 fully saturated rings. The third-order valence-electron chi connectivity index (χ3n) is 3.62. The van der Waals surface area contributed by atoms with Gasteiger partial charge >= 0.3 is 0 Å². The average Bonchev–Trinajstić information content (AvgIpc) is 2.95. The van der Waals surface area contributed by atoms with Gasteiger partial charge in [0.2, 0.25) is 0 Å². The summed E-state index contributed by atoms with van der Waals surface area (Å²) in [5, 5.41) is 11.7. The molecule has 0 bridgehead atoms. The second-order valence-corrected chi connectivity index (χ2v) is 5.17. The van der Waals surface area contributed by atoms with E-state index in [0.717, 1.165) is 31.7 Å². The number of aromatic nitrogens is 3. The number of para-hydroxylation sites is 1. The second kappa shape index (κ2) is 6.05. The van der Waals surface area contributed by atoms with Crippen molar-refractivity contribution >= 4 is 5.91 Å². The topological polar surface area (TPSA) is 63.1 Å². The first-order valence-electron chi connectivity index (χ1n) is 7.29. The van der Waals surface area contributed by atoms with Crippen LogP contribution >= 0.6 is 0 Å². The normalized spacial score (nSPS) is 14.7. The lowest BCUT2D eigenvalue weighted by Crippen LogP contribution is -2.59. The number of nitrogens with one attached hydrogen (secondary N) is 1. The van der Waals surface area contributed by atoms with Crippen molar-refractivity contribution in [1.82, 2.24) is 25.2 Å². The Bertz CT molecular complexity index is 606. The van der Waals surface area contributed by atoms with Gasteiger partial charge in [0.25, 0.3) is 5.91 Å². The minimum absolute atomic E-state index is 0.0365. The summed E-state index contributed by atoms with van der Waals surface area (Å²) >= 11 is 0. The first-order valence-corrected chi connectivity index (χ1v) is 7.29. The van der Waals surface area contributed by atoms with Crippen molar-refractivity contribution in [1.29, 1.82) is 0 Å². The van der Waals surface area contributed by atoms with Crippen LogP contribution in [0, 0.1) is 0 Å². The van der Waals surface area contributed by atoms with Crippen molar-refractivity contribution in [3.05, 3.63) is 42.2 Å². The van der Waals surface area contributed by atoms with E-state index < -0.39 is 0 Å². The maximum Gasteiger partial charge on any atom is 0.276 e. The lowest BCUT2D eigenvalue weighted by molar-refractivity contribution is 0.0609. The molecule has 0 aliphatic carbocycles. The van der Waals surface area contributed by atoms with E-state index in [9.17, 15) is 4.79 Å². The highest BCUT2D eigenvalue weighted by Gasteiger charge is 2.29. The Hall–Kier alpha value is -2.21. The number of carbonyl (C=O) groups is 1. The fourth-order valence-electron chi connectivity index (χ4n) is 2.38. The summed E-state index contributed by atoms with van der Waals surface area (Å²) in [6.07, 6.45) is 2.49. The molecule has 0 atom stereocenters. The number of amides is 1. The highest BCUT2D eigenvalue weighted by Crippen LogP contribution is 2.12. The Morgan fingerprint density at radius 1 is 1.38 bits per heavy atom. The zero-order valence-electron chi connectivity index (χ0n) is 12.1. The summed E-state index contributed by atoms with van der Waals surface area (Å²) in [6, 6.07) is 9.88. The van der Waals surface area contributed by atoms with Gasteiger partial charge in [-0.15, -0.1) is 5.10 Å². The third kappa shape index (κ3) is 2.80. The highest BCUT2D eigenvalue weighted by molar-refractivity contribution is 5.92. The quantitative estimate of drug-likeness (QED) is 0.893. The van der Waals surface area contributed by atoms with Crippen LogP contribution in [0.3, 0.4) is 0 Å². The average molecular weight is 285 g/mol. The minimum atomic E-state index is -0.0365. The zero-order chi connectivity index (χ0) is 14.7. The third-order valence-corrected chi connectivity index (χ3v) is 3.62. The standard InChI is InChI=1S/C15H19N5O/c1-2-8-19(13-9-16-10-13)15(21)14-11-17-20(18-14)12-6-4-3-5-7-12/h3-7,11,13,16H,2,8-10H2,1H3. The lowest BCUT2D eigenvalue weighted by atomic mass is 10.1. The van der Waals surface area contributed by atoms with E-state index in [0.29, 0.717) is 5.69 Å². The molecule has 1 aliphatic heterocycles. The number of rotatable bonds is 5. The van der Waals surface area contributed by atoms with Crippen molar-refractivity contribution in [2.45, 2.75) is 19.4 Å². The molecule has 6 nitrogen and oxygen atoms in total. The van der Waals surface area contributed by atoms with Crippen LogP contribution in [0.25, 0.3) is 5.69 Å². The molecular formula is C15H19N5O. The van der Waals surface area contributed by atoms with E-state index in [2.05, 4.69) is 22.4 Å². The van der Waals surface area contributed by atoms with E-state index in [1.807, 2.05) is 35.2 Å². The molecule has 1 aromatic carbocycles. The number of hydrogen-bond acceptors (Lipinski definition) is 4. The second-order valence-electron chi connectivity index (χ2n) is 5.17. The Labute approximate surface area is 123 Å². The first-order chi connectivity index (χ1) is 10.3. The summed E-state index contributed by atoms with van der Waals surface area (Å²) in [6.45, 7) is 4.55. The molecule has 2 heterocycles. The molecule has 0 spiro atoms. The molecule has 0 unspecified atom stereocenters. The maximum absolute atomic E-state index is 12.6. The van der Waals surface area contributed by atoms with Gasteiger partial charge in [-0.05, 0) is 18.6 Å². The predicted octanol–water partition coefficient (Wildman–Crippen LogP) is 1.09. The monoisotopic (exact) mass is 285 g/mol. The van der Waals surface area contributed by atoms with Gasteiger partial charge in [-0.25, -0.2) is 0 Å². The molecule has 110 valence electrons. The van der Waals surface area contributed by atoms with Crippen LogP contribution in [0.1, 0.15) is 23.8 Å². The Balaban J connectivity index is 1.79. The van der Waals surface area contributed by atoms with Gasteiger partial charge in [-0.1, -0.05) is 25.1 Å². The van der Waals surface area contributed by atoms with Crippen LogP contribution in [0.4, 0.5) is 0 Å². The van der Waals surface area contributed by atoms with Gasteiger partial charge in [0.05, 0.1) is 17.9 Å². The fraction of sp³-hybridized carbons (Fsp3) is 0.400. The molecule has 1 amide bonds. The lowest BCUT2D eigenvalue weighted by Gasteiger charge is -2.37. The van der Waals surface area contributed by atoms with E-state index in [4.69, 9.17) is 0 Å². The summed E-state index contributed by atoms with van der Waals surface area (Å²) < 4.78 is 0. The molecule has 3 rings (SSSR count). The maximum atomic E-state index is 12.6. The molecular weight excluding hydrogens is 266 g/mol. The zero-order valence-corrected chi connectivity index (χ0v) is 12.1. The van der Waals surface area contributed by atoms with Gasteiger partial charge in [-0.3, -0.25) is 4.79 Å². The summed E-state index contributed by atoms with van der Waals surface area (Å²) in [5.41, 5.74) is 1.25. The van der Waals surface area contributed by atoms with Crippen LogP contribution in [-0.4, -0.2) is 51.5 Å². The van der Waals surface area contributed by atoms with E-state index in [-0.39, 0.29) is 11.9 Å². The molecule has 0 saturated carbocycles. The van der Waals surface area contributed by atoms with Crippen LogP contribution in [0.2, 0.25) is 0 Å². The number of carbonyl (C=O) groups excluding carboxylic acids is 1. The molecule has 1 N–H and O–H groups in total. The number of benzene rings is 1. The van der Waals surface area contributed by atoms with Gasteiger partial charge in [0.1, 0.15) is 0 Å². The van der Waals surface area contributed by atoms with Gasteiger partial charge in [0, 0.05) is 19.6 Å². The summed E-state index contributed by atoms with van der Waals surface area (Å²) in [5.74, 6) is -0.0365. The first kappa shape index (κ1) is 13.8. The smallest absolute Gasteiger partial charge is 0.276 e. The molecule has 1 aliphatic rings. The van der Waals surface area contributed by atoms with Crippen molar-refractivity contribution in [2.24, 2.45) is 0 Å². The van der Waals surface area contributed by atoms with Crippen LogP contribution in [0.15, 0.2) is 36.5 Å². The Morgan fingerprint density at radius 2 is 2.14 bits per heavy atom. The van der Waals surface area contributed by atoms with Crippen LogP contribution in [0.5, 0.6) is 0 Å². The van der Waals surface area contributed by atoms with Crippen LogP contribution in [-0.2, 0) is 0 Å². The summed E-state index contributed by atoms with van der Waals surface area (Å²) in [7, 11) is 0. The molecule has 6 heteroatoms. The fourth-order valence-corrected chi connectivity index (χ4v) is 2.38. The van der Waals surface area contributed by atoms with Crippen molar-refractivity contribution in [3.8, 4) is 5.69 Å². The van der Waals surface area contributed by atoms with Crippen molar-refractivity contribution < 1.29 is 4.79 Å². The van der Waals surface area contributed by atoms with Crippen LogP contribution < -0.4 is 5.32 Å². The number of nitrogens with zero attached hydrogens (tertiary/aromatic N) is 4. The molecule has 2 aromatic rings. The van der Waals surface area contributed by atoms with E-state index >= 15 is 0 Å². The largest absolute Gasteiger partial charge is 0.332 e. The Morgan fingerprint density at radius 3 is 2.76 bits per heavy atom. The highest BCUT2D eigenvalue weighted by atomic mass is 16.2. The number of hydrogen-bond donors (Lipinski definition) is 1. The molecule has 0 radical (unpaired) electrons. The van der Waals surface area contributed by atoms with E-state index in [1.165, 1.54) is 4.80 Å².